The summed E-state index contributed by atoms with van der Waals surface area (Å²) in [6.45, 7) is 3.60. The van der Waals surface area contributed by atoms with Gasteiger partial charge in [-0.1, -0.05) is 36.4 Å². The van der Waals surface area contributed by atoms with Crippen molar-refractivity contribution in [1.29, 1.82) is 0 Å². The Morgan fingerprint density at radius 1 is 1.19 bits per heavy atom. The lowest BCUT2D eigenvalue weighted by atomic mass is 10.1. The van der Waals surface area contributed by atoms with Crippen LogP contribution in [0.25, 0.3) is 12.2 Å². The van der Waals surface area contributed by atoms with E-state index in [1.807, 2.05) is 44.3 Å². The van der Waals surface area contributed by atoms with Crippen molar-refractivity contribution in [1.82, 2.24) is 4.98 Å². The maximum absolute atomic E-state index is 10.5. The van der Waals surface area contributed by atoms with Crippen LogP contribution in [0.3, 0.4) is 0 Å². The van der Waals surface area contributed by atoms with Gasteiger partial charge in [0.05, 0.1) is 13.2 Å². The third-order valence-electron chi connectivity index (χ3n) is 4.07. The Morgan fingerprint density at radius 2 is 1.88 bits per heavy atom. The second-order valence-corrected chi connectivity index (χ2v) is 6.04. The van der Waals surface area contributed by atoms with Gasteiger partial charge in [-0.15, -0.1) is 0 Å². The number of ether oxygens (including phenoxy) is 1. The highest BCUT2D eigenvalue weighted by atomic mass is 16.5. The molecule has 26 heavy (non-hydrogen) atoms. The first kappa shape index (κ1) is 19.6. The van der Waals surface area contributed by atoms with Crippen LogP contribution < -0.4 is 4.90 Å². The first-order valence-electron chi connectivity index (χ1n) is 8.67. The summed E-state index contributed by atoms with van der Waals surface area (Å²) in [5.74, 6) is 0.0196. The van der Waals surface area contributed by atoms with Crippen LogP contribution in [0.5, 0.6) is 5.88 Å². The molecule has 6 nitrogen and oxygen atoms in total. The van der Waals surface area contributed by atoms with Crippen LogP contribution in [0, 0.1) is 4.91 Å². The molecular weight excluding hydrogens is 330 g/mol. The van der Waals surface area contributed by atoms with Gasteiger partial charge in [-0.25, -0.2) is 4.98 Å². The van der Waals surface area contributed by atoms with Gasteiger partial charge in [-0.2, -0.15) is 4.91 Å². The largest absolute Gasteiger partial charge is 0.493 e. The van der Waals surface area contributed by atoms with E-state index in [0.717, 1.165) is 23.4 Å². The van der Waals surface area contributed by atoms with Crippen molar-refractivity contribution in [2.45, 2.75) is 19.4 Å². The molecule has 0 saturated carbocycles. The number of nitroso groups, excluding NO2 is 1. The minimum absolute atomic E-state index is 0.0196. The number of anilines is 1. The Morgan fingerprint density at radius 3 is 2.50 bits per heavy atom. The van der Waals surface area contributed by atoms with Gasteiger partial charge in [0.15, 0.2) is 0 Å². The van der Waals surface area contributed by atoms with E-state index in [0.29, 0.717) is 19.6 Å². The number of rotatable bonds is 10. The Bertz CT molecular complexity index is 699. The maximum Gasteiger partial charge on any atom is 0.210 e. The Hall–Kier alpha value is -2.73. The van der Waals surface area contributed by atoms with E-state index in [2.05, 4.69) is 27.2 Å². The van der Waals surface area contributed by atoms with Gasteiger partial charge in [0.25, 0.3) is 0 Å². The van der Waals surface area contributed by atoms with E-state index in [1.165, 1.54) is 0 Å². The summed E-state index contributed by atoms with van der Waals surface area (Å²) in [6.07, 6.45) is 6.27. The van der Waals surface area contributed by atoms with Crippen molar-refractivity contribution < 1.29 is 9.84 Å². The zero-order chi connectivity index (χ0) is 18.8. The molecule has 0 aliphatic carbocycles. The summed E-state index contributed by atoms with van der Waals surface area (Å²) in [5.41, 5.74) is 3.10. The average molecular weight is 355 g/mol. The molecule has 2 aromatic rings. The first-order valence-corrected chi connectivity index (χ1v) is 8.67. The van der Waals surface area contributed by atoms with Crippen molar-refractivity contribution in [3.8, 4) is 5.88 Å². The van der Waals surface area contributed by atoms with Gasteiger partial charge in [-0.3, -0.25) is 0 Å². The minimum atomic E-state index is -0.254. The summed E-state index contributed by atoms with van der Waals surface area (Å²) in [6, 6.07) is 11.3. The zero-order valence-electron chi connectivity index (χ0n) is 15.2. The summed E-state index contributed by atoms with van der Waals surface area (Å²) in [7, 11) is 2.01. The van der Waals surface area contributed by atoms with E-state index in [4.69, 9.17) is 4.74 Å². The van der Waals surface area contributed by atoms with Crippen LogP contribution in [0.1, 0.15) is 24.5 Å². The highest BCUT2D eigenvalue weighted by molar-refractivity contribution is 5.70. The summed E-state index contributed by atoms with van der Waals surface area (Å²) in [5, 5.41) is 12.2. The first-order chi connectivity index (χ1) is 12.6. The van der Waals surface area contributed by atoms with Crippen LogP contribution in [-0.4, -0.2) is 42.9 Å². The van der Waals surface area contributed by atoms with Crippen LogP contribution >= 0.6 is 0 Å². The normalized spacial score (nSPS) is 12.2. The van der Waals surface area contributed by atoms with Crippen molar-refractivity contribution in [2.24, 2.45) is 5.18 Å². The SMILES string of the molecule is CCC(COCCN(C)c1ccc(/C=C/c2ccc(O)nc2)cc1)N=O. The van der Waals surface area contributed by atoms with Crippen LogP contribution in [0.15, 0.2) is 47.8 Å². The van der Waals surface area contributed by atoms with Gasteiger partial charge in [-0.05, 0) is 35.7 Å². The molecule has 6 heteroatoms. The molecule has 1 heterocycles. The molecule has 0 aliphatic heterocycles. The predicted octanol–water partition coefficient (Wildman–Crippen LogP) is 3.96. The van der Waals surface area contributed by atoms with Crippen molar-refractivity contribution in [3.63, 3.8) is 0 Å². The van der Waals surface area contributed by atoms with E-state index in [-0.39, 0.29) is 11.9 Å². The quantitative estimate of drug-likeness (QED) is 0.516. The van der Waals surface area contributed by atoms with Crippen molar-refractivity contribution in [3.05, 3.63) is 58.6 Å². The maximum atomic E-state index is 10.5. The van der Waals surface area contributed by atoms with Crippen LogP contribution in [-0.2, 0) is 4.74 Å². The molecule has 1 unspecified atom stereocenters. The fourth-order valence-electron chi connectivity index (χ4n) is 2.30. The Balaban J connectivity index is 1.82. The second-order valence-electron chi connectivity index (χ2n) is 6.04. The smallest absolute Gasteiger partial charge is 0.210 e. The number of hydrogen-bond donors (Lipinski definition) is 1. The topological polar surface area (TPSA) is 75.0 Å². The Labute approximate surface area is 154 Å². The number of aromatic nitrogens is 1. The summed E-state index contributed by atoms with van der Waals surface area (Å²) in [4.78, 5) is 16.5. The number of aromatic hydroxyl groups is 1. The molecule has 0 radical (unpaired) electrons. The Kier molecular flexibility index (Phi) is 7.76. The number of likely N-dealkylation sites (N-methyl/N-ethyl adjacent to an activating group) is 1. The van der Waals surface area contributed by atoms with E-state index in [1.54, 1.807) is 12.3 Å². The van der Waals surface area contributed by atoms with Crippen molar-refractivity contribution in [2.75, 3.05) is 31.7 Å². The second kappa shape index (κ2) is 10.3. The van der Waals surface area contributed by atoms with Crippen LogP contribution in [0.2, 0.25) is 0 Å². The standard InChI is InChI=1S/C20H25N3O3/c1-3-18(22-25)15-26-13-12-23(2)19-9-6-16(7-10-19)4-5-17-8-11-20(24)21-14-17/h4-11,14,18H,3,12-13,15H2,1-2H3,(H,21,24)/b5-4+. The number of pyridine rings is 1. The lowest BCUT2D eigenvalue weighted by Gasteiger charge is -2.19. The van der Waals surface area contributed by atoms with Crippen molar-refractivity contribution >= 4 is 17.8 Å². The minimum Gasteiger partial charge on any atom is -0.493 e. The molecule has 1 aromatic carbocycles. The van der Waals surface area contributed by atoms with Gasteiger partial charge in [0, 0.05) is 31.5 Å². The highest BCUT2D eigenvalue weighted by Crippen LogP contribution is 2.16. The summed E-state index contributed by atoms with van der Waals surface area (Å²) < 4.78 is 5.52. The fourth-order valence-corrected chi connectivity index (χ4v) is 2.30. The number of nitrogens with zero attached hydrogens (tertiary/aromatic N) is 3. The molecule has 0 amide bonds. The summed E-state index contributed by atoms with van der Waals surface area (Å²) >= 11 is 0. The molecule has 2 rings (SSSR count). The number of hydrogen-bond acceptors (Lipinski definition) is 6. The lowest BCUT2D eigenvalue weighted by molar-refractivity contribution is 0.126. The molecule has 0 fully saturated rings. The van der Waals surface area contributed by atoms with Crippen LogP contribution in [0.4, 0.5) is 5.69 Å². The van der Waals surface area contributed by atoms with Gasteiger partial charge < -0.3 is 14.7 Å². The molecule has 0 aliphatic rings. The molecule has 1 N–H and O–H groups in total. The molecule has 1 atom stereocenters. The monoisotopic (exact) mass is 355 g/mol. The van der Waals surface area contributed by atoms with Gasteiger partial charge in [0.1, 0.15) is 6.04 Å². The molecule has 0 saturated heterocycles. The molecular formula is C20H25N3O3. The molecule has 0 bridgehead atoms. The average Bonchev–Trinajstić information content (AvgIpc) is 2.68. The molecule has 138 valence electrons. The van der Waals surface area contributed by atoms with Gasteiger partial charge in [0.2, 0.25) is 5.88 Å². The fraction of sp³-hybridized carbons (Fsp3) is 0.350. The van der Waals surface area contributed by atoms with E-state index < -0.39 is 0 Å². The third-order valence-corrected chi connectivity index (χ3v) is 4.07. The van der Waals surface area contributed by atoms with E-state index >= 15 is 0 Å². The lowest BCUT2D eigenvalue weighted by Crippen LogP contribution is -2.24. The highest BCUT2D eigenvalue weighted by Gasteiger charge is 2.06. The molecule has 1 aromatic heterocycles. The third kappa shape index (κ3) is 6.29. The van der Waals surface area contributed by atoms with Gasteiger partial charge >= 0.3 is 0 Å². The van der Waals surface area contributed by atoms with E-state index in [9.17, 15) is 10.0 Å². The zero-order valence-corrected chi connectivity index (χ0v) is 15.2. The molecule has 0 spiro atoms. The number of benzene rings is 1. The predicted molar refractivity (Wildman–Crippen MR) is 105 cm³/mol.